The summed E-state index contributed by atoms with van der Waals surface area (Å²) in [5.41, 5.74) is 0. The highest BCUT2D eigenvalue weighted by atomic mass is 19.1. The molecule has 0 aliphatic carbocycles. The maximum absolute atomic E-state index is 13.3. The van der Waals surface area contributed by atoms with E-state index >= 15 is 0 Å². The minimum atomic E-state index is -0.723. The number of hydrogen-bond donors (Lipinski definition) is 1. The highest BCUT2D eigenvalue weighted by Crippen LogP contribution is 2.19. The molecule has 0 saturated carbocycles. The predicted octanol–water partition coefficient (Wildman–Crippen LogP) is 3.25. The Hall–Kier alpha value is -1.88. The minimum absolute atomic E-state index is 0.00559. The van der Waals surface area contributed by atoms with Gasteiger partial charge in [-0.05, 0) is 30.8 Å². The van der Waals surface area contributed by atoms with Gasteiger partial charge in [-0.15, -0.1) is 0 Å². The first-order valence-corrected chi connectivity index (χ1v) is 6.05. The maximum Gasteiger partial charge on any atom is 0.167 e. The third-order valence-corrected chi connectivity index (χ3v) is 2.53. The van der Waals surface area contributed by atoms with E-state index in [1.165, 1.54) is 6.07 Å². The SMILES string of the molecule is CCNCc1ccc(COc2ccc(F)cc2F)o1. The smallest absolute Gasteiger partial charge is 0.167 e. The van der Waals surface area contributed by atoms with E-state index in [-0.39, 0.29) is 12.4 Å². The molecule has 0 atom stereocenters. The molecule has 1 aromatic carbocycles. The molecule has 1 heterocycles. The van der Waals surface area contributed by atoms with Crippen molar-refractivity contribution in [3.63, 3.8) is 0 Å². The molecule has 0 amide bonds. The van der Waals surface area contributed by atoms with Crippen molar-refractivity contribution in [1.82, 2.24) is 5.32 Å². The van der Waals surface area contributed by atoms with E-state index in [2.05, 4.69) is 5.32 Å². The lowest BCUT2D eigenvalue weighted by Gasteiger charge is -2.05. The molecule has 19 heavy (non-hydrogen) atoms. The number of hydrogen-bond acceptors (Lipinski definition) is 3. The molecule has 0 saturated heterocycles. The second kappa shape index (κ2) is 6.33. The van der Waals surface area contributed by atoms with Gasteiger partial charge in [-0.2, -0.15) is 0 Å². The van der Waals surface area contributed by atoms with E-state index in [1.807, 2.05) is 13.0 Å². The molecule has 0 aliphatic heterocycles. The van der Waals surface area contributed by atoms with Gasteiger partial charge in [-0.3, -0.25) is 0 Å². The van der Waals surface area contributed by atoms with Crippen LogP contribution in [0.3, 0.4) is 0 Å². The first kappa shape index (κ1) is 13.5. The number of furan rings is 1. The van der Waals surface area contributed by atoms with Crippen LogP contribution >= 0.6 is 0 Å². The Bertz CT molecular complexity index is 540. The Morgan fingerprint density at radius 2 is 1.95 bits per heavy atom. The van der Waals surface area contributed by atoms with Crippen LogP contribution in [0.2, 0.25) is 0 Å². The summed E-state index contributed by atoms with van der Waals surface area (Å²) in [6.45, 7) is 3.60. The predicted molar refractivity (Wildman–Crippen MR) is 66.8 cm³/mol. The monoisotopic (exact) mass is 267 g/mol. The quantitative estimate of drug-likeness (QED) is 0.872. The van der Waals surface area contributed by atoms with Crippen LogP contribution < -0.4 is 10.1 Å². The van der Waals surface area contributed by atoms with Crippen LogP contribution in [0, 0.1) is 11.6 Å². The van der Waals surface area contributed by atoms with E-state index in [9.17, 15) is 8.78 Å². The van der Waals surface area contributed by atoms with E-state index in [4.69, 9.17) is 9.15 Å². The molecule has 1 N–H and O–H groups in total. The van der Waals surface area contributed by atoms with Gasteiger partial charge in [0.1, 0.15) is 23.9 Å². The second-order valence-corrected chi connectivity index (χ2v) is 4.01. The topological polar surface area (TPSA) is 34.4 Å². The van der Waals surface area contributed by atoms with Gasteiger partial charge >= 0.3 is 0 Å². The van der Waals surface area contributed by atoms with Crippen LogP contribution in [0.4, 0.5) is 8.78 Å². The third-order valence-electron chi connectivity index (χ3n) is 2.53. The molecule has 0 spiro atoms. The third kappa shape index (κ3) is 3.79. The van der Waals surface area contributed by atoms with E-state index in [1.54, 1.807) is 6.07 Å². The van der Waals surface area contributed by atoms with Gasteiger partial charge in [0.25, 0.3) is 0 Å². The van der Waals surface area contributed by atoms with Gasteiger partial charge in [0, 0.05) is 6.07 Å². The van der Waals surface area contributed by atoms with Gasteiger partial charge < -0.3 is 14.5 Å². The van der Waals surface area contributed by atoms with Crippen molar-refractivity contribution in [3.05, 3.63) is 53.5 Å². The van der Waals surface area contributed by atoms with Crippen molar-refractivity contribution in [3.8, 4) is 5.75 Å². The first-order valence-electron chi connectivity index (χ1n) is 6.05. The van der Waals surface area contributed by atoms with Crippen LogP contribution in [-0.2, 0) is 13.2 Å². The molecule has 2 rings (SSSR count). The van der Waals surface area contributed by atoms with Gasteiger partial charge in [-0.25, -0.2) is 8.78 Å². The van der Waals surface area contributed by atoms with Gasteiger partial charge in [0.05, 0.1) is 6.54 Å². The average Bonchev–Trinajstić information content (AvgIpc) is 2.83. The summed E-state index contributed by atoms with van der Waals surface area (Å²) < 4.78 is 36.8. The summed E-state index contributed by atoms with van der Waals surface area (Å²) in [5, 5.41) is 3.13. The normalized spacial score (nSPS) is 10.7. The van der Waals surface area contributed by atoms with Crippen molar-refractivity contribution in [2.75, 3.05) is 6.54 Å². The molecule has 0 unspecified atom stereocenters. The molecule has 1 aromatic heterocycles. The fraction of sp³-hybridized carbons (Fsp3) is 0.286. The van der Waals surface area contributed by atoms with Gasteiger partial charge in [-0.1, -0.05) is 6.92 Å². The Morgan fingerprint density at radius 1 is 1.16 bits per heavy atom. The molecule has 0 radical (unpaired) electrons. The second-order valence-electron chi connectivity index (χ2n) is 4.01. The van der Waals surface area contributed by atoms with Crippen LogP contribution in [0.15, 0.2) is 34.7 Å². The van der Waals surface area contributed by atoms with Gasteiger partial charge in [0.15, 0.2) is 11.6 Å². The molecule has 102 valence electrons. The summed E-state index contributed by atoms with van der Waals surface area (Å²) in [4.78, 5) is 0. The standard InChI is InChI=1S/C14H15F2NO2/c1-2-17-8-11-4-5-12(19-11)9-18-14-6-3-10(15)7-13(14)16/h3-7,17H,2,8-9H2,1H3. The number of nitrogens with one attached hydrogen (secondary N) is 1. The average molecular weight is 267 g/mol. The number of ether oxygens (including phenoxy) is 1. The maximum atomic E-state index is 13.3. The Labute approximate surface area is 110 Å². The van der Waals surface area contributed by atoms with Crippen LogP contribution in [0.25, 0.3) is 0 Å². The molecule has 2 aromatic rings. The Morgan fingerprint density at radius 3 is 2.68 bits per heavy atom. The zero-order chi connectivity index (χ0) is 13.7. The number of benzene rings is 1. The van der Waals surface area contributed by atoms with Crippen molar-refractivity contribution in [2.45, 2.75) is 20.1 Å². The van der Waals surface area contributed by atoms with Crippen molar-refractivity contribution < 1.29 is 17.9 Å². The van der Waals surface area contributed by atoms with Crippen molar-refractivity contribution in [2.24, 2.45) is 0 Å². The molecule has 5 heteroatoms. The zero-order valence-electron chi connectivity index (χ0n) is 10.6. The van der Waals surface area contributed by atoms with E-state index in [0.717, 1.165) is 24.4 Å². The highest BCUT2D eigenvalue weighted by molar-refractivity contribution is 5.24. The minimum Gasteiger partial charge on any atom is -0.483 e. The fourth-order valence-electron chi connectivity index (χ4n) is 1.58. The van der Waals surface area contributed by atoms with Gasteiger partial charge in [0.2, 0.25) is 0 Å². The molecule has 3 nitrogen and oxygen atoms in total. The lowest BCUT2D eigenvalue weighted by Crippen LogP contribution is -2.10. The lowest BCUT2D eigenvalue weighted by molar-refractivity contribution is 0.253. The molecular formula is C14H15F2NO2. The molecule has 0 bridgehead atoms. The molecule has 0 fully saturated rings. The summed E-state index contributed by atoms with van der Waals surface area (Å²) >= 11 is 0. The first-order chi connectivity index (χ1) is 9.19. The summed E-state index contributed by atoms with van der Waals surface area (Å²) in [5.74, 6) is 0.0397. The summed E-state index contributed by atoms with van der Waals surface area (Å²) in [6.07, 6.45) is 0. The Balaban J connectivity index is 1.92. The summed E-state index contributed by atoms with van der Waals surface area (Å²) in [6, 6.07) is 6.80. The van der Waals surface area contributed by atoms with Crippen molar-refractivity contribution >= 4 is 0 Å². The fourth-order valence-corrected chi connectivity index (χ4v) is 1.58. The molecule has 0 aliphatic rings. The highest BCUT2D eigenvalue weighted by Gasteiger charge is 2.07. The largest absolute Gasteiger partial charge is 0.483 e. The summed E-state index contributed by atoms with van der Waals surface area (Å²) in [7, 11) is 0. The van der Waals surface area contributed by atoms with E-state index in [0.29, 0.717) is 12.3 Å². The van der Waals surface area contributed by atoms with Crippen molar-refractivity contribution in [1.29, 1.82) is 0 Å². The number of halogens is 2. The van der Waals surface area contributed by atoms with Crippen LogP contribution in [0.1, 0.15) is 18.4 Å². The number of rotatable bonds is 6. The van der Waals surface area contributed by atoms with E-state index < -0.39 is 11.6 Å². The zero-order valence-corrected chi connectivity index (χ0v) is 10.6. The molecular weight excluding hydrogens is 252 g/mol. The lowest BCUT2D eigenvalue weighted by atomic mass is 10.3. The Kier molecular flexibility index (Phi) is 4.52. The van der Waals surface area contributed by atoms with Crippen LogP contribution in [0.5, 0.6) is 5.75 Å². The van der Waals surface area contributed by atoms with Crippen LogP contribution in [-0.4, -0.2) is 6.54 Å².